The first-order valence-corrected chi connectivity index (χ1v) is 10.4. The molecule has 0 aromatic carbocycles. The summed E-state index contributed by atoms with van der Waals surface area (Å²) in [5.74, 6) is 0.0268. The van der Waals surface area contributed by atoms with Crippen molar-refractivity contribution in [2.45, 2.75) is 80.9 Å². The highest BCUT2D eigenvalue weighted by Crippen LogP contribution is 2.83. The van der Waals surface area contributed by atoms with E-state index in [1.54, 1.807) is 7.11 Å². The number of carbonyl (C=O) groups excluding carboxylic acids is 1. The Morgan fingerprint density at radius 2 is 2.00 bits per heavy atom. The van der Waals surface area contributed by atoms with Gasteiger partial charge in [0.05, 0.1) is 17.8 Å². The minimum absolute atomic E-state index is 0.00233. The Labute approximate surface area is 163 Å². The van der Waals surface area contributed by atoms with Crippen LogP contribution in [0.15, 0.2) is 11.1 Å². The molecule has 152 valence electrons. The minimum atomic E-state index is -0.823. The molecule has 3 saturated heterocycles. The van der Waals surface area contributed by atoms with Gasteiger partial charge in [0.1, 0.15) is 36.1 Å². The molecule has 0 bridgehead atoms. The molecule has 3 aliphatic carbocycles. The van der Waals surface area contributed by atoms with Crippen molar-refractivity contribution in [3.05, 3.63) is 11.1 Å². The molecule has 0 aromatic heterocycles. The summed E-state index contributed by atoms with van der Waals surface area (Å²) in [6, 6.07) is 0. The molecule has 0 amide bonds. The third-order valence-corrected chi connectivity index (χ3v) is 9.29. The number of esters is 1. The third-order valence-electron chi connectivity index (χ3n) is 9.29. The molecule has 7 heteroatoms. The number of carbonyl (C=O) groups is 1. The maximum absolute atomic E-state index is 12.2. The molecule has 2 saturated carbocycles. The van der Waals surface area contributed by atoms with E-state index in [1.165, 1.54) is 0 Å². The zero-order chi connectivity index (χ0) is 19.4. The molecule has 4 heterocycles. The van der Waals surface area contributed by atoms with Crippen molar-refractivity contribution in [1.82, 2.24) is 0 Å². The third kappa shape index (κ3) is 1.33. The maximum atomic E-state index is 12.2. The molecular formula is C21H26O7. The van der Waals surface area contributed by atoms with Gasteiger partial charge in [-0.25, -0.2) is 4.79 Å². The fourth-order valence-corrected chi connectivity index (χ4v) is 8.12. The quantitative estimate of drug-likeness (QED) is 0.549. The van der Waals surface area contributed by atoms with Crippen LogP contribution in [-0.2, 0) is 28.5 Å². The SMILES string of the molecule is COC1C2(C(C)C)OC2C2OC23C2(C)CC(O)C4=C(COC4=O)C2CC2OC213. The molecular weight excluding hydrogens is 364 g/mol. The van der Waals surface area contributed by atoms with E-state index in [9.17, 15) is 9.90 Å². The molecule has 1 N–H and O–H groups in total. The molecule has 2 spiro atoms. The fourth-order valence-electron chi connectivity index (χ4n) is 8.12. The maximum Gasteiger partial charge on any atom is 0.337 e. The van der Waals surface area contributed by atoms with Crippen LogP contribution in [0.5, 0.6) is 0 Å². The van der Waals surface area contributed by atoms with Gasteiger partial charge in [0, 0.05) is 12.5 Å². The zero-order valence-electron chi connectivity index (χ0n) is 16.6. The number of epoxide rings is 3. The summed E-state index contributed by atoms with van der Waals surface area (Å²) in [5.41, 5.74) is -0.368. The van der Waals surface area contributed by atoms with Gasteiger partial charge >= 0.3 is 5.97 Å². The Morgan fingerprint density at radius 3 is 2.71 bits per heavy atom. The monoisotopic (exact) mass is 390 g/mol. The Bertz CT molecular complexity index is 867. The Balaban J connectivity index is 1.40. The first-order chi connectivity index (χ1) is 13.3. The lowest BCUT2D eigenvalue weighted by atomic mass is 9.46. The summed E-state index contributed by atoms with van der Waals surface area (Å²) in [4.78, 5) is 12.2. The van der Waals surface area contributed by atoms with Crippen LogP contribution in [0.1, 0.15) is 33.6 Å². The summed E-state index contributed by atoms with van der Waals surface area (Å²) in [6.07, 6.45) is 0.216. The molecule has 7 rings (SSSR count). The van der Waals surface area contributed by atoms with Crippen molar-refractivity contribution in [1.29, 1.82) is 0 Å². The van der Waals surface area contributed by atoms with Crippen LogP contribution in [-0.4, -0.2) is 72.1 Å². The number of aliphatic hydroxyl groups is 1. The van der Waals surface area contributed by atoms with Crippen molar-refractivity contribution in [3.63, 3.8) is 0 Å². The van der Waals surface area contributed by atoms with Crippen molar-refractivity contribution < 1.29 is 33.6 Å². The summed E-state index contributed by atoms with van der Waals surface area (Å²) in [7, 11) is 1.74. The van der Waals surface area contributed by atoms with Crippen LogP contribution >= 0.6 is 0 Å². The molecule has 0 aromatic rings. The average molecular weight is 390 g/mol. The zero-order valence-corrected chi connectivity index (χ0v) is 16.6. The van der Waals surface area contributed by atoms with Gasteiger partial charge in [0.15, 0.2) is 5.60 Å². The molecule has 10 unspecified atom stereocenters. The summed E-state index contributed by atoms with van der Waals surface area (Å²) >= 11 is 0. The molecule has 7 nitrogen and oxygen atoms in total. The van der Waals surface area contributed by atoms with E-state index in [4.69, 9.17) is 23.7 Å². The van der Waals surface area contributed by atoms with Crippen LogP contribution < -0.4 is 0 Å². The highest BCUT2D eigenvalue weighted by Gasteiger charge is 3.00. The van der Waals surface area contributed by atoms with Crippen LogP contribution in [0.4, 0.5) is 0 Å². The lowest BCUT2D eigenvalue weighted by Gasteiger charge is -2.54. The number of aliphatic hydroxyl groups excluding tert-OH is 1. The number of rotatable bonds is 2. The molecule has 0 radical (unpaired) electrons. The number of methoxy groups -OCH3 is 1. The van der Waals surface area contributed by atoms with Gasteiger partial charge in [-0.05, 0) is 30.3 Å². The van der Waals surface area contributed by atoms with Crippen molar-refractivity contribution in [3.8, 4) is 0 Å². The second-order valence-electron chi connectivity index (χ2n) is 10.3. The summed E-state index contributed by atoms with van der Waals surface area (Å²) in [5, 5.41) is 10.9. The van der Waals surface area contributed by atoms with Gasteiger partial charge in [-0.3, -0.25) is 0 Å². The number of fused-ring (bicyclic) bond motifs is 4. The Hall–Kier alpha value is -0.990. The van der Waals surface area contributed by atoms with Gasteiger partial charge in [0.2, 0.25) is 0 Å². The van der Waals surface area contributed by atoms with Crippen LogP contribution in [0.2, 0.25) is 0 Å². The number of ether oxygens (including phenoxy) is 5. The van der Waals surface area contributed by atoms with Crippen LogP contribution in [0.25, 0.3) is 0 Å². The van der Waals surface area contributed by atoms with E-state index in [2.05, 4.69) is 20.8 Å². The minimum Gasteiger partial charge on any atom is -0.458 e. The smallest absolute Gasteiger partial charge is 0.337 e. The second-order valence-corrected chi connectivity index (χ2v) is 10.3. The molecule has 10 atom stereocenters. The highest BCUT2D eigenvalue weighted by atomic mass is 16.8. The topological polar surface area (TPSA) is 93.3 Å². The Morgan fingerprint density at radius 1 is 1.21 bits per heavy atom. The number of cyclic esters (lactones) is 1. The van der Waals surface area contributed by atoms with Gasteiger partial charge in [-0.2, -0.15) is 0 Å². The van der Waals surface area contributed by atoms with E-state index in [0.717, 1.165) is 12.0 Å². The lowest BCUT2D eigenvalue weighted by molar-refractivity contribution is -0.137. The largest absolute Gasteiger partial charge is 0.458 e. The molecule has 5 fully saturated rings. The molecule has 7 aliphatic rings. The number of hydrogen-bond donors (Lipinski definition) is 1. The normalized spacial score (nSPS) is 62.1. The highest BCUT2D eigenvalue weighted by molar-refractivity contribution is 5.93. The standard InChI is InChI=1S/C21H26O7/c1-8(2)19-14(27-19)15-21(28-15)18(3)6-11(22)13-9(7-25-16(13)23)10(18)5-12-20(21,26-12)17(19)24-4/h8,10-12,14-15,17,22H,5-7H2,1-4H3. The second kappa shape index (κ2) is 4.37. The summed E-state index contributed by atoms with van der Waals surface area (Å²) in [6.45, 7) is 6.82. The Kier molecular flexibility index (Phi) is 2.62. The van der Waals surface area contributed by atoms with E-state index >= 15 is 0 Å². The average Bonchev–Trinajstić information content (AvgIpc) is 3.52. The summed E-state index contributed by atoms with van der Waals surface area (Å²) < 4.78 is 30.8. The van der Waals surface area contributed by atoms with E-state index in [1.807, 2.05) is 0 Å². The van der Waals surface area contributed by atoms with Crippen LogP contribution in [0, 0.1) is 17.3 Å². The fraction of sp³-hybridized carbons (Fsp3) is 0.857. The first-order valence-electron chi connectivity index (χ1n) is 10.4. The van der Waals surface area contributed by atoms with Crippen LogP contribution in [0.3, 0.4) is 0 Å². The van der Waals surface area contributed by atoms with E-state index in [0.29, 0.717) is 17.9 Å². The van der Waals surface area contributed by atoms with Gasteiger partial charge in [-0.1, -0.05) is 20.8 Å². The van der Waals surface area contributed by atoms with E-state index in [-0.39, 0.29) is 53.9 Å². The van der Waals surface area contributed by atoms with Gasteiger partial charge < -0.3 is 28.8 Å². The van der Waals surface area contributed by atoms with Crippen molar-refractivity contribution in [2.24, 2.45) is 17.3 Å². The number of hydrogen-bond acceptors (Lipinski definition) is 7. The molecule has 28 heavy (non-hydrogen) atoms. The van der Waals surface area contributed by atoms with Crippen molar-refractivity contribution >= 4 is 5.97 Å². The van der Waals surface area contributed by atoms with Gasteiger partial charge in [-0.15, -0.1) is 0 Å². The molecule has 4 aliphatic heterocycles. The van der Waals surface area contributed by atoms with Crippen molar-refractivity contribution in [2.75, 3.05) is 13.7 Å². The lowest BCUT2D eigenvalue weighted by Crippen LogP contribution is -2.70. The van der Waals surface area contributed by atoms with E-state index < -0.39 is 17.3 Å². The predicted octanol–water partition coefficient (Wildman–Crippen LogP) is 0.728. The van der Waals surface area contributed by atoms with Gasteiger partial charge in [0.25, 0.3) is 0 Å². The first kappa shape index (κ1) is 16.8. The predicted molar refractivity (Wildman–Crippen MR) is 93.3 cm³/mol.